The highest BCUT2D eigenvalue weighted by molar-refractivity contribution is 5.80. The Morgan fingerprint density at radius 3 is 0.787 bits per heavy atom. The van der Waals surface area contributed by atoms with Crippen LogP contribution < -0.4 is 52.0 Å². The Morgan fingerprint density at radius 2 is 0.623 bits per heavy atom. The third kappa shape index (κ3) is 8.81. The molecule has 332 valence electrons. The van der Waals surface area contributed by atoms with Gasteiger partial charge in [0, 0.05) is 11.0 Å². The molecule has 0 aromatic heterocycles. The monoisotopic (exact) mass is 853 g/mol. The Balaban J connectivity index is 0.000000193. The molecule has 2 aromatic rings. The van der Waals surface area contributed by atoms with Gasteiger partial charge in [-0.3, -0.25) is 47.3 Å². The van der Waals surface area contributed by atoms with Crippen molar-refractivity contribution in [3.05, 3.63) is 59.7 Å². The van der Waals surface area contributed by atoms with Crippen molar-refractivity contribution in [2.24, 2.45) is 47.3 Å². The fraction of sp³-hybridized carbons (Fsp3) is 0.729. The van der Waals surface area contributed by atoms with Crippen molar-refractivity contribution in [2.45, 2.75) is 158 Å². The average molecular weight is 853 g/mol. The lowest BCUT2D eigenvalue weighted by Crippen LogP contribution is -2.61. The molecule has 9 aliphatic rings. The van der Waals surface area contributed by atoms with E-state index in [4.69, 9.17) is 9.47 Å². The summed E-state index contributed by atoms with van der Waals surface area (Å²) in [5, 5.41) is 43.3. The molecule has 4 radical (unpaired) electrons. The Morgan fingerprint density at radius 1 is 0.426 bits per heavy atom. The molecule has 4 saturated carbocycles. The van der Waals surface area contributed by atoms with Gasteiger partial charge in [-0.05, 0) is 134 Å². The zero-order valence-corrected chi connectivity index (χ0v) is 37.4. The van der Waals surface area contributed by atoms with E-state index in [9.17, 15) is 9.90 Å². The summed E-state index contributed by atoms with van der Waals surface area (Å²) in [4.78, 5) is 11.5. The van der Waals surface area contributed by atoms with Crippen LogP contribution in [0.25, 0.3) is 0 Å². The van der Waals surface area contributed by atoms with Gasteiger partial charge in [0.05, 0.1) is 63.5 Å². The van der Waals surface area contributed by atoms with Gasteiger partial charge < -0.3 is 14.6 Å². The van der Waals surface area contributed by atoms with E-state index in [2.05, 4.69) is 42.5 Å². The van der Waals surface area contributed by atoms with E-state index < -0.39 is 11.9 Å². The molecule has 9 N–H and O–H groups in total. The average Bonchev–Trinajstić information content (AvgIpc) is 4.03. The summed E-state index contributed by atoms with van der Waals surface area (Å²) in [5.74, 6) is 5.78. The molecule has 11 rings (SSSR count). The molecule has 8 bridgehead atoms. The van der Waals surface area contributed by atoms with Gasteiger partial charge in [0.15, 0.2) is 0 Å². The van der Waals surface area contributed by atoms with Gasteiger partial charge in [-0.1, -0.05) is 75.6 Å². The number of carbonyl (C=O) groups is 1. The number of aliphatic carboxylic acids is 1. The van der Waals surface area contributed by atoms with E-state index in [1.54, 1.807) is 62.8 Å². The Labute approximate surface area is 368 Å². The van der Waals surface area contributed by atoms with Crippen LogP contribution in [0.3, 0.4) is 0 Å². The first-order valence-electron chi connectivity index (χ1n) is 24.0. The summed E-state index contributed by atoms with van der Waals surface area (Å²) >= 11 is 0. The topological polar surface area (TPSA) is 152 Å². The van der Waals surface area contributed by atoms with Crippen LogP contribution in [0.2, 0.25) is 0 Å². The quantitative estimate of drug-likeness (QED) is 0.183. The Hall–Kier alpha value is -2.59. The summed E-state index contributed by atoms with van der Waals surface area (Å²) in [7, 11) is 3.15. The number of carboxylic acids is 1. The molecule has 4 aliphatic carbocycles. The van der Waals surface area contributed by atoms with Crippen LogP contribution in [-0.4, -0.2) is 85.6 Å². The Bertz CT molecular complexity index is 1500. The van der Waals surface area contributed by atoms with Crippen LogP contribution in [0.1, 0.15) is 120 Å². The van der Waals surface area contributed by atoms with Crippen LogP contribution in [0.5, 0.6) is 11.5 Å². The molecule has 0 amide bonds. The van der Waals surface area contributed by atoms with Crippen LogP contribution in [0.4, 0.5) is 0 Å². The molecular formula is C48H72N8O4Si. The first kappa shape index (κ1) is 43.6. The number of methoxy groups -OCH3 is 2. The fourth-order valence-electron chi connectivity index (χ4n) is 14.0. The van der Waals surface area contributed by atoms with Gasteiger partial charge >= 0.3 is 5.97 Å². The number of hydrogen-bond donors (Lipinski definition) is 9. The van der Waals surface area contributed by atoms with E-state index in [-0.39, 0.29) is 11.0 Å². The summed E-state index contributed by atoms with van der Waals surface area (Å²) in [6.07, 6.45) is 25.6. The largest absolute Gasteiger partial charge is 0.497 e. The molecule has 2 aromatic carbocycles. The molecular weight excluding hydrogens is 781 g/mol. The summed E-state index contributed by atoms with van der Waals surface area (Å²) < 4.78 is 10.2. The Kier molecular flexibility index (Phi) is 13.8. The number of fused-ring (bicyclic) bond motifs is 20. The predicted octanol–water partition coefficient (Wildman–Crippen LogP) is 5.15. The fourth-order valence-corrected chi connectivity index (χ4v) is 14.0. The van der Waals surface area contributed by atoms with Crippen molar-refractivity contribution < 1.29 is 19.4 Å². The molecule has 8 unspecified atom stereocenters. The van der Waals surface area contributed by atoms with Gasteiger partial charge in [-0.2, -0.15) is 0 Å². The summed E-state index contributed by atoms with van der Waals surface area (Å²) in [5.41, 5.74) is 1.42. The van der Waals surface area contributed by atoms with Gasteiger partial charge in [0.1, 0.15) is 17.4 Å². The minimum absolute atomic E-state index is 0. The molecule has 5 saturated heterocycles. The minimum atomic E-state index is -0.889. The number of nitrogens with one attached hydrogen (secondary N) is 8. The second kappa shape index (κ2) is 19.3. The molecule has 5 heterocycles. The van der Waals surface area contributed by atoms with Gasteiger partial charge in [0.25, 0.3) is 0 Å². The molecule has 0 spiro atoms. The lowest BCUT2D eigenvalue weighted by molar-refractivity contribution is -0.137. The van der Waals surface area contributed by atoms with E-state index in [1.165, 1.54) is 103 Å². The standard InChI is InChI=1S/C32H56N8.C16H16O4.Si/c1-2-10-18-17(9-1)25-33-26(18)38-28-21-13-5-6-14-22(21)30(35-28)40-32-24-16-8-7-15-23(24)31(36-32)39-29-20-12-4-3-11-19(20)27(34-29)37-25;1-19-13-7-3-11(4-8-13)15(16(17)18)12-5-9-14(20-2)10-6-12;/h17-40H,1-16H2;3-10,15H,1-2H3,(H,17,18);. The van der Waals surface area contributed by atoms with Crippen molar-refractivity contribution in [2.75, 3.05) is 14.2 Å². The number of rotatable bonds is 5. The first-order valence-corrected chi connectivity index (χ1v) is 24.0. The highest BCUT2D eigenvalue weighted by Crippen LogP contribution is 2.45. The van der Waals surface area contributed by atoms with E-state index in [1.807, 2.05) is 0 Å². The maximum atomic E-state index is 11.5. The molecule has 8 atom stereocenters. The molecule has 13 heteroatoms. The van der Waals surface area contributed by atoms with Crippen LogP contribution in [0.15, 0.2) is 48.5 Å². The van der Waals surface area contributed by atoms with Crippen molar-refractivity contribution in [3.63, 3.8) is 0 Å². The summed E-state index contributed by atoms with van der Waals surface area (Å²) in [6, 6.07) is 14.1. The lowest BCUT2D eigenvalue weighted by atomic mass is 9.76. The van der Waals surface area contributed by atoms with Crippen LogP contribution in [0, 0.1) is 47.3 Å². The number of benzene rings is 2. The second-order valence-corrected chi connectivity index (χ2v) is 19.9. The van der Waals surface area contributed by atoms with Gasteiger partial charge in [0.2, 0.25) is 0 Å². The molecule has 5 aliphatic heterocycles. The minimum Gasteiger partial charge on any atom is -0.497 e. The van der Waals surface area contributed by atoms with Gasteiger partial charge in [-0.25, -0.2) is 0 Å². The first-order chi connectivity index (χ1) is 29.4. The number of carboxylic acid groups (broad SMARTS) is 1. The zero-order valence-electron chi connectivity index (χ0n) is 36.4. The predicted molar refractivity (Wildman–Crippen MR) is 238 cm³/mol. The highest BCUT2D eigenvalue weighted by Gasteiger charge is 2.54. The van der Waals surface area contributed by atoms with E-state index in [0.29, 0.717) is 72.0 Å². The lowest BCUT2D eigenvalue weighted by Gasteiger charge is -2.35. The van der Waals surface area contributed by atoms with E-state index in [0.717, 1.165) is 47.3 Å². The molecule has 61 heavy (non-hydrogen) atoms. The van der Waals surface area contributed by atoms with Crippen molar-refractivity contribution in [3.8, 4) is 11.5 Å². The van der Waals surface area contributed by atoms with Crippen molar-refractivity contribution in [1.82, 2.24) is 42.5 Å². The zero-order chi connectivity index (χ0) is 40.7. The molecule has 12 nitrogen and oxygen atoms in total. The van der Waals surface area contributed by atoms with Crippen molar-refractivity contribution >= 4 is 16.9 Å². The molecule has 9 fully saturated rings. The maximum Gasteiger partial charge on any atom is 0.315 e. The normalized spacial score (nSPS) is 41.2. The summed E-state index contributed by atoms with van der Waals surface area (Å²) in [6.45, 7) is 0. The van der Waals surface area contributed by atoms with Crippen LogP contribution in [-0.2, 0) is 4.79 Å². The highest BCUT2D eigenvalue weighted by atomic mass is 28.1. The smallest absolute Gasteiger partial charge is 0.315 e. The van der Waals surface area contributed by atoms with Crippen LogP contribution >= 0.6 is 0 Å². The SMILES string of the molecule is C1CCC2C3NC(NC4NC(NC5NC(NC6NC(N3)C3CCCCC63)C3CCCCC53)C3CCCCC43)C2C1.COc1ccc(C(C(=O)O)c2ccc(OC)cc2)cc1.[Si]. The third-order valence-electron chi connectivity index (χ3n) is 16.9. The van der Waals surface area contributed by atoms with Crippen molar-refractivity contribution in [1.29, 1.82) is 0 Å². The van der Waals surface area contributed by atoms with E-state index >= 15 is 0 Å². The second-order valence-electron chi connectivity index (χ2n) is 19.9. The maximum absolute atomic E-state index is 11.5. The van der Waals surface area contributed by atoms with Gasteiger partial charge in [-0.15, -0.1) is 0 Å². The third-order valence-corrected chi connectivity index (χ3v) is 16.9. The number of hydrogen-bond acceptors (Lipinski definition) is 11. The number of ether oxygens (including phenoxy) is 2.